The minimum absolute atomic E-state index is 0.00880. The number of esters is 1. The van der Waals surface area contributed by atoms with Crippen molar-refractivity contribution in [1.82, 2.24) is 0 Å². The van der Waals surface area contributed by atoms with Crippen LogP contribution in [0.2, 0.25) is 0 Å². The van der Waals surface area contributed by atoms with Crippen LogP contribution >= 0.6 is 0 Å². The van der Waals surface area contributed by atoms with Gasteiger partial charge in [0.1, 0.15) is 17.1 Å². The molecule has 1 saturated heterocycles. The fourth-order valence-electron chi connectivity index (χ4n) is 2.84. The maximum atomic E-state index is 12.1. The maximum Gasteiger partial charge on any atom is 0.339 e. The smallest absolute Gasteiger partial charge is 0.339 e. The number of benzene rings is 1. The zero-order valence-corrected chi connectivity index (χ0v) is 14.8. The molecule has 0 bridgehead atoms. The van der Waals surface area contributed by atoms with Crippen LogP contribution in [0.3, 0.4) is 0 Å². The second kappa shape index (κ2) is 9.42. The van der Waals surface area contributed by atoms with Crippen LogP contribution < -0.4 is 9.47 Å². The second-order valence-corrected chi connectivity index (χ2v) is 6.45. The average molecular weight is 350 g/mol. The molecule has 2 rings (SSSR count). The third-order valence-electron chi connectivity index (χ3n) is 4.11. The van der Waals surface area contributed by atoms with Gasteiger partial charge in [0.25, 0.3) is 0 Å². The molecule has 0 radical (unpaired) electrons. The van der Waals surface area contributed by atoms with Crippen LogP contribution in [0.1, 0.15) is 62.7 Å². The summed E-state index contributed by atoms with van der Waals surface area (Å²) in [6.45, 7) is 4.68. The van der Waals surface area contributed by atoms with E-state index in [9.17, 15) is 14.7 Å². The highest BCUT2D eigenvalue weighted by Crippen LogP contribution is 2.28. The Morgan fingerprint density at radius 3 is 2.80 bits per heavy atom. The van der Waals surface area contributed by atoms with Crippen LogP contribution in [0.5, 0.6) is 11.5 Å². The Bertz CT molecular complexity index is 592. The molecule has 0 amide bonds. The summed E-state index contributed by atoms with van der Waals surface area (Å²) in [5.74, 6) is -0.948. The number of rotatable bonds is 8. The Labute approximate surface area is 148 Å². The third-order valence-corrected chi connectivity index (χ3v) is 4.11. The molecule has 1 N–H and O–H groups in total. The first-order chi connectivity index (χ1) is 12.0. The van der Waals surface area contributed by atoms with Gasteiger partial charge in [-0.15, -0.1) is 0 Å². The number of ether oxygens (including phenoxy) is 3. The lowest BCUT2D eigenvalue weighted by atomic mass is 10.0. The van der Waals surface area contributed by atoms with Gasteiger partial charge < -0.3 is 19.3 Å². The van der Waals surface area contributed by atoms with Crippen LogP contribution in [0.15, 0.2) is 18.2 Å². The first-order valence-electron chi connectivity index (χ1n) is 8.86. The van der Waals surface area contributed by atoms with Crippen LogP contribution in [0, 0.1) is 5.92 Å². The average Bonchev–Trinajstić information content (AvgIpc) is 2.55. The Morgan fingerprint density at radius 2 is 2.16 bits per heavy atom. The van der Waals surface area contributed by atoms with Crippen molar-refractivity contribution in [3.63, 3.8) is 0 Å². The summed E-state index contributed by atoms with van der Waals surface area (Å²) in [7, 11) is 0. The van der Waals surface area contributed by atoms with Gasteiger partial charge in [-0.1, -0.05) is 26.7 Å². The summed E-state index contributed by atoms with van der Waals surface area (Å²) in [5, 5.41) is 9.30. The largest absolute Gasteiger partial charge is 0.478 e. The Morgan fingerprint density at radius 1 is 1.36 bits per heavy atom. The first kappa shape index (κ1) is 19.2. The number of carboxylic acid groups (broad SMARTS) is 1. The molecule has 6 heteroatoms. The molecule has 2 atom stereocenters. The van der Waals surface area contributed by atoms with Crippen molar-refractivity contribution in [1.29, 1.82) is 0 Å². The number of carboxylic acids is 1. The molecule has 0 spiro atoms. The first-order valence-corrected chi connectivity index (χ1v) is 8.86. The van der Waals surface area contributed by atoms with Crippen LogP contribution in [-0.4, -0.2) is 29.9 Å². The molecule has 1 aliphatic heterocycles. The van der Waals surface area contributed by atoms with Gasteiger partial charge in [0, 0.05) is 18.9 Å². The molecule has 1 aliphatic rings. The van der Waals surface area contributed by atoms with Crippen molar-refractivity contribution in [2.24, 2.45) is 5.92 Å². The van der Waals surface area contributed by atoms with Crippen molar-refractivity contribution in [3.05, 3.63) is 23.8 Å². The predicted molar refractivity (Wildman–Crippen MR) is 91.9 cm³/mol. The zero-order valence-electron chi connectivity index (χ0n) is 14.8. The highest BCUT2D eigenvalue weighted by Gasteiger charge is 2.20. The fraction of sp³-hybridized carbons (Fsp3) is 0.579. The quantitative estimate of drug-likeness (QED) is 0.563. The van der Waals surface area contributed by atoms with Gasteiger partial charge in [0.05, 0.1) is 6.61 Å². The Hall–Kier alpha value is -2.08. The van der Waals surface area contributed by atoms with Gasteiger partial charge in [0.15, 0.2) is 6.29 Å². The molecular weight excluding hydrogens is 324 g/mol. The van der Waals surface area contributed by atoms with Crippen molar-refractivity contribution in [2.45, 2.75) is 58.7 Å². The van der Waals surface area contributed by atoms with E-state index < -0.39 is 11.9 Å². The molecule has 25 heavy (non-hydrogen) atoms. The second-order valence-electron chi connectivity index (χ2n) is 6.45. The Kier molecular flexibility index (Phi) is 7.25. The Balaban J connectivity index is 2.08. The minimum Gasteiger partial charge on any atom is -0.478 e. The van der Waals surface area contributed by atoms with Gasteiger partial charge in [0.2, 0.25) is 0 Å². The maximum absolute atomic E-state index is 12.1. The van der Waals surface area contributed by atoms with E-state index in [0.29, 0.717) is 12.4 Å². The van der Waals surface area contributed by atoms with Gasteiger partial charge in [-0.3, -0.25) is 4.79 Å². The molecule has 0 aliphatic carbocycles. The van der Waals surface area contributed by atoms with E-state index in [1.54, 1.807) is 6.07 Å². The number of carbonyl (C=O) groups is 2. The van der Waals surface area contributed by atoms with Crippen LogP contribution in [0.25, 0.3) is 0 Å². The van der Waals surface area contributed by atoms with Gasteiger partial charge >= 0.3 is 11.9 Å². The lowest BCUT2D eigenvalue weighted by molar-refractivity contribution is -0.135. The lowest BCUT2D eigenvalue weighted by Crippen LogP contribution is -2.25. The van der Waals surface area contributed by atoms with E-state index >= 15 is 0 Å². The van der Waals surface area contributed by atoms with E-state index in [1.165, 1.54) is 12.1 Å². The van der Waals surface area contributed by atoms with Crippen LogP contribution in [0.4, 0.5) is 0 Å². The van der Waals surface area contributed by atoms with Crippen LogP contribution in [-0.2, 0) is 9.53 Å². The number of carbonyl (C=O) groups excluding carboxylic acids is 1. The summed E-state index contributed by atoms with van der Waals surface area (Å²) in [4.78, 5) is 23.5. The molecule has 1 aromatic rings. The summed E-state index contributed by atoms with van der Waals surface area (Å²) in [6, 6.07) is 4.39. The number of hydrogen-bond donors (Lipinski definition) is 1. The predicted octanol–water partition coefficient (Wildman–Crippen LogP) is 4.02. The molecule has 0 saturated carbocycles. The van der Waals surface area contributed by atoms with E-state index in [4.69, 9.17) is 14.2 Å². The number of aromatic carboxylic acids is 1. The molecule has 6 nitrogen and oxygen atoms in total. The monoisotopic (exact) mass is 350 g/mol. The third kappa shape index (κ3) is 6.05. The molecular formula is C19H26O6. The van der Waals surface area contributed by atoms with Crippen molar-refractivity contribution >= 4 is 11.9 Å². The molecule has 1 fully saturated rings. The van der Waals surface area contributed by atoms with E-state index in [0.717, 1.165) is 32.1 Å². The summed E-state index contributed by atoms with van der Waals surface area (Å²) in [6.07, 6.45) is 4.63. The topological polar surface area (TPSA) is 82.1 Å². The summed E-state index contributed by atoms with van der Waals surface area (Å²) in [5.41, 5.74) is -0.0617. The molecule has 1 heterocycles. The summed E-state index contributed by atoms with van der Waals surface area (Å²) < 4.78 is 16.6. The highest BCUT2D eigenvalue weighted by molar-refractivity contribution is 5.92. The van der Waals surface area contributed by atoms with Crippen molar-refractivity contribution < 1.29 is 28.9 Å². The molecule has 138 valence electrons. The van der Waals surface area contributed by atoms with E-state index in [2.05, 4.69) is 6.92 Å². The van der Waals surface area contributed by atoms with Crippen molar-refractivity contribution in [3.8, 4) is 11.5 Å². The molecule has 2 unspecified atom stereocenters. The normalized spacial score (nSPS) is 18.4. The SMILES string of the molecule is CCCC(C)CC(=O)Oc1cc(OC2CCCCO2)ccc1C(=O)O. The van der Waals surface area contributed by atoms with E-state index in [1.807, 2.05) is 6.92 Å². The van der Waals surface area contributed by atoms with Gasteiger partial charge in [-0.05, 0) is 30.9 Å². The van der Waals surface area contributed by atoms with Gasteiger partial charge in [-0.25, -0.2) is 4.79 Å². The molecule has 1 aromatic carbocycles. The molecule has 0 aromatic heterocycles. The zero-order chi connectivity index (χ0) is 18.2. The number of hydrogen-bond acceptors (Lipinski definition) is 5. The van der Waals surface area contributed by atoms with Gasteiger partial charge in [-0.2, -0.15) is 0 Å². The standard InChI is InChI=1S/C19H26O6/c1-3-6-13(2)11-17(20)25-16-12-14(8-9-15(16)19(21)22)24-18-7-4-5-10-23-18/h8-9,12-13,18H,3-7,10-11H2,1-2H3,(H,21,22). The van der Waals surface area contributed by atoms with E-state index in [-0.39, 0.29) is 29.9 Å². The van der Waals surface area contributed by atoms with Crippen molar-refractivity contribution in [2.75, 3.05) is 6.61 Å². The minimum atomic E-state index is -1.15. The fourth-order valence-corrected chi connectivity index (χ4v) is 2.84. The lowest BCUT2D eigenvalue weighted by Gasteiger charge is -2.23. The summed E-state index contributed by atoms with van der Waals surface area (Å²) >= 11 is 0. The highest BCUT2D eigenvalue weighted by atomic mass is 16.7.